The molecule has 1 aliphatic rings. The van der Waals surface area contributed by atoms with Gasteiger partial charge in [0.05, 0.1) is 4.91 Å². The van der Waals surface area contributed by atoms with Crippen molar-refractivity contribution in [1.29, 1.82) is 0 Å². The average molecular weight is 425 g/mol. The molecule has 1 aliphatic heterocycles. The second-order valence-electron chi connectivity index (χ2n) is 7.08. The molecule has 156 valence electrons. The molecule has 0 unspecified atom stereocenters. The van der Waals surface area contributed by atoms with Crippen molar-refractivity contribution in [2.75, 3.05) is 19.7 Å². The second kappa shape index (κ2) is 10.1. The highest BCUT2D eigenvalue weighted by molar-refractivity contribution is 8.18. The zero-order valence-corrected chi connectivity index (χ0v) is 17.8. The van der Waals surface area contributed by atoms with E-state index in [0.29, 0.717) is 10.7 Å². The number of imide groups is 1. The fourth-order valence-corrected chi connectivity index (χ4v) is 3.85. The Bertz CT molecular complexity index is 957. The fraction of sp³-hybridized carbons (Fsp3) is 0.261. The lowest BCUT2D eigenvalue weighted by molar-refractivity contribution is -0.125. The van der Waals surface area contributed by atoms with Crippen molar-refractivity contribution in [2.45, 2.75) is 19.8 Å². The molecule has 3 rings (SSSR count). The summed E-state index contributed by atoms with van der Waals surface area (Å²) < 4.78 is 5.64. The van der Waals surface area contributed by atoms with Gasteiger partial charge >= 0.3 is 0 Å². The van der Waals surface area contributed by atoms with Gasteiger partial charge in [-0.05, 0) is 40.9 Å². The number of carbonyl (C=O) groups excluding carboxylic acids is 3. The number of thioether (sulfide) groups is 1. The van der Waals surface area contributed by atoms with Gasteiger partial charge in [-0.3, -0.25) is 19.3 Å². The Hall–Kier alpha value is -3.06. The molecule has 2 aromatic rings. The topological polar surface area (TPSA) is 75.7 Å². The van der Waals surface area contributed by atoms with Crippen LogP contribution >= 0.6 is 11.8 Å². The third-order valence-electron chi connectivity index (χ3n) is 4.53. The summed E-state index contributed by atoms with van der Waals surface area (Å²) in [6.07, 6.45) is 1.70. The minimum absolute atomic E-state index is 0.116. The van der Waals surface area contributed by atoms with Gasteiger partial charge in [0.15, 0.2) is 6.61 Å². The van der Waals surface area contributed by atoms with Gasteiger partial charge in [0.25, 0.3) is 17.1 Å². The van der Waals surface area contributed by atoms with Crippen molar-refractivity contribution < 1.29 is 19.1 Å². The Morgan fingerprint density at radius 3 is 2.53 bits per heavy atom. The zero-order valence-electron chi connectivity index (χ0n) is 17.0. The van der Waals surface area contributed by atoms with E-state index in [2.05, 4.69) is 19.2 Å². The standard InChI is InChI=1S/C23H24N2O4S/c1-16(2)18-10-6-7-11-19(18)29-15-21(26)24-12-13-25-22(27)20(30-23(25)28)14-17-8-4-3-5-9-17/h3-11,14,16H,12-13,15H2,1-2H3,(H,24,26). The maximum Gasteiger partial charge on any atom is 0.293 e. The lowest BCUT2D eigenvalue weighted by Gasteiger charge is -2.15. The SMILES string of the molecule is CC(C)c1ccccc1OCC(=O)NCCN1C(=O)SC(=Cc2ccccc2)C1=O. The summed E-state index contributed by atoms with van der Waals surface area (Å²) in [5, 5.41) is 2.36. The van der Waals surface area contributed by atoms with Crippen LogP contribution in [0.4, 0.5) is 4.79 Å². The quantitative estimate of drug-likeness (QED) is 0.647. The first-order valence-corrected chi connectivity index (χ1v) is 10.6. The van der Waals surface area contributed by atoms with Crippen molar-refractivity contribution in [3.63, 3.8) is 0 Å². The van der Waals surface area contributed by atoms with Crippen LogP contribution < -0.4 is 10.1 Å². The predicted molar refractivity (Wildman–Crippen MR) is 118 cm³/mol. The minimum atomic E-state index is -0.342. The lowest BCUT2D eigenvalue weighted by atomic mass is 10.0. The van der Waals surface area contributed by atoms with Crippen molar-refractivity contribution in [3.8, 4) is 5.75 Å². The molecule has 1 heterocycles. The molecule has 0 spiro atoms. The Balaban J connectivity index is 1.48. The highest BCUT2D eigenvalue weighted by atomic mass is 32.2. The highest BCUT2D eigenvalue weighted by Crippen LogP contribution is 2.31. The summed E-state index contributed by atoms with van der Waals surface area (Å²) in [6, 6.07) is 17.0. The number of hydrogen-bond acceptors (Lipinski definition) is 5. The molecule has 0 aromatic heterocycles. The number of amides is 3. The number of hydrogen-bond donors (Lipinski definition) is 1. The van der Waals surface area contributed by atoms with Gasteiger partial charge in [-0.25, -0.2) is 0 Å². The maximum absolute atomic E-state index is 12.5. The van der Waals surface area contributed by atoms with Crippen LogP contribution in [-0.2, 0) is 9.59 Å². The van der Waals surface area contributed by atoms with Crippen LogP contribution in [0, 0.1) is 0 Å². The Kier molecular flexibility index (Phi) is 7.30. The number of nitrogens with zero attached hydrogens (tertiary/aromatic N) is 1. The van der Waals surface area contributed by atoms with E-state index in [4.69, 9.17) is 4.74 Å². The molecule has 7 heteroatoms. The first-order valence-electron chi connectivity index (χ1n) is 9.74. The van der Waals surface area contributed by atoms with Crippen LogP contribution in [0.3, 0.4) is 0 Å². The van der Waals surface area contributed by atoms with Crippen LogP contribution in [-0.4, -0.2) is 41.6 Å². The normalized spacial score (nSPS) is 15.2. The largest absolute Gasteiger partial charge is 0.483 e. The van der Waals surface area contributed by atoms with E-state index in [1.807, 2.05) is 54.6 Å². The summed E-state index contributed by atoms with van der Waals surface area (Å²) in [7, 11) is 0. The summed E-state index contributed by atoms with van der Waals surface area (Å²) in [6.45, 7) is 4.28. The second-order valence-corrected chi connectivity index (χ2v) is 8.07. The molecule has 0 bridgehead atoms. The van der Waals surface area contributed by atoms with Gasteiger partial charge in [-0.1, -0.05) is 62.4 Å². The van der Waals surface area contributed by atoms with Crippen LogP contribution in [0.2, 0.25) is 0 Å². The van der Waals surface area contributed by atoms with Crippen LogP contribution in [0.5, 0.6) is 5.75 Å². The first-order chi connectivity index (χ1) is 14.5. The van der Waals surface area contributed by atoms with E-state index in [1.54, 1.807) is 6.08 Å². The van der Waals surface area contributed by atoms with E-state index < -0.39 is 0 Å². The van der Waals surface area contributed by atoms with Crippen molar-refractivity contribution in [3.05, 3.63) is 70.6 Å². The smallest absolute Gasteiger partial charge is 0.293 e. The van der Waals surface area contributed by atoms with Gasteiger partial charge in [0.1, 0.15) is 5.75 Å². The number of nitrogens with one attached hydrogen (secondary N) is 1. The number of carbonyl (C=O) groups is 3. The highest BCUT2D eigenvalue weighted by Gasteiger charge is 2.34. The van der Waals surface area contributed by atoms with Gasteiger partial charge in [0.2, 0.25) is 0 Å². The Morgan fingerprint density at radius 1 is 1.10 bits per heavy atom. The summed E-state index contributed by atoms with van der Waals surface area (Å²) in [5.41, 5.74) is 1.89. The van der Waals surface area contributed by atoms with Gasteiger partial charge in [-0.15, -0.1) is 0 Å². The number of para-hydroxylation sites is 1. The number of benzene rings is 2. The molecule has 0 aliphatic carbocycles. The molecule has 2 aromatic carbocycles. The van der Waals surface area contributed by atoms with Gasteiger partial charge < -0.3 is 10.1 Å². The average Bonchev–Trinajstić information content (AvgIpc) is 3.00. The molecule has 6 nitrogen and oxygen atoms in total. The van der Waals surface area contributed by atoms with Crippen molar-refractivity contribution in [2.24, 2.45) is 0 Å². The molecule has 1 N–H and O–H groups in total. The summed E-state index contributed by atoms with van der Waals surface area (Å²) >= 11 is 0.908. The summed E-state index contributed by atoms with van der Waals surface area (Å²) in [5.74, 6) is 0.317. The van der Waals surface area contributed by atoms with Gasteiger partial charge in [-0.2, -0.15) is 0 Å². The van der Waals surface area contributed by atoms with E-state index >= 15 is 0 Å². The molecule has 0 radical (unpaired) electrons. The van der Waals surface area contributed by atoms with Crippen LogP contribution in [0.25, 0.3) is 6.08 Å². The molecule has 3 amide bonds. The Labute approximate surface area is 180 Å². The van der Waals surface area contributed by atoms with Crippen molar-refractivity contribution in [1.82, 2.24) is 10.2 Å². The molecule has 1 fully saturated rings. The molecule has 30 heavy (non-hydrogen) atoms. The molecule has 1 saturated heterocycles. The van der Waals surface area contributed by atoms with E-state index in [9.17, 15) is 14.4 Å². The number of ether oxygens (including phenoxy) is 1. The van der Waals surface area contributed by atoms with E-state index in [1.165, 1.54) is 0 Å². The van der Waals surface area contributed by atoms with E-state index in [-0.39, 0.29) is 42.7 Å². The number of rotatable bonds is 8. The monoisotopic (exact) mass is 424 g/mol. The minimum Gasteiger partial charge on any atom is -0.483 e. The molecular weight excluding hydrogens is 400 g/mol. The molecule has 0 saturated carbocycles. The van der Waals surface area contributed by atoms with Crippen LogP contribution in [0.1, 0.15) is 30.9 Å². The third-order valence-corrected chi connectivity index (χ3v) is 5.44. The predicted octanol–water partition coefficient (Wildman–Crippen LogP) is 4.04. The van der Waals surface area contributed by atoms with E-state index in [0.717, 1.165) is 27.8 Å². The molecular formula is C23H24N2O4S. The lowest BCUT2D eigenvalue weighted by Crippen LogP contribution is -2.38. The molecule has 0 atom stereocenters. The van der Waals surface area contributed by atoms with Crippen LogP contribution in [0.15, 0.2) is 59.5 Å². The first kappa shape index (κ1) is 21.6. The zero-order chi connectivity index (χ0) is 21.5. The Morgan fingerprint density at radius 2 is 1.80 bits per heavy atom. The fourth-order valence-electron chi connectivity index (χ4n) is 2.98. The van der Waals surface area contributed by atoms with Gasteiger partial charge in [0, 0.05) is 13.1 Å². The van der Waals surface area contributed by atoms with Crippen molar-refractivity contribution >= 4 is 34.9 Å². The third kappa shape index (κ3) is 5.51. The summed E-state index contributed by atoms with van der Waals surface area (Å²) in [4.78, 5) is 38.3. The maximum atomic E-state index is 12.5.